The van der Waals surface area contributed by atoms with Crippen LogP contribution in [0.4, 0.5) is 25.0 Å². The number of fused-ring (bicyclic) bond motifs is 1. The van der Waals surface area contributed by atoms with Gasteiger partial charge >= 0.3 is 16.3 Å². The molecule has 0 spiro atoms. The molecule has 1 atom stereocenters. The first-order valence-corrected chi connectivity index (χ1v) is 17.4. The van der Waals surface area contributed by atoms with Gasteiger partial charge in [-0.15, -0.1) is 0 Å². The highest BCUT2D eigenvalue weighted by molar-refractivity contribution is 7.90. The van der Waals surface area contributed by atoms with E-state index < -0.39 is 27.8 Å². The van der Waals surface area contributed by atoms with Crippen LogP contribution in [0, 0.1) is 12.7 Å². The molecular formula is C34H38F2N6O6S. The van der Waals surface area contributed by atoms with Crippen LogP contribution in [0.25, 0.3) is 16.6 Å². The van der Waals surface area contributed by atoms with Gasteiger partial charge in [-0.2, -0.15) is 12.7 Å². The summed E-state index contributed by atoms with van der Waals surface area (Å²) in [6.45, 7) is 9.12. The number of carbonyl (C=O) groups is 1. The van der Waals surface area contributed by atoms with E-state index in [1.165, 1.54) is 36.0 Å². The van der Waals surface area contributed by atoms with E-state index in [-0.39, 0.29) is 59.3 Å². The van der Waals surface area contributed by atoms with Gasteiger partial charge in [0.25, 0.3) is 5.56 Å². The third kappa shape index (κ3) is 7.47. The van der Waals surface area contributed by atoms with Crippen LogP contribution >= 0.6 is 0 Å². The Kier molecular flexibility index (Phi) is 9.24. The number of nitrogens with zero attached hydrogens (tertiary/aromatic N) is 5. The van der Waals surface area contributed by atoms with Crippen LogP contribution < -0.4 is 19.9 Å². The van der Waals surface area contributed by atoms with Crippen molar-refractivity contribution in [1.82, 2.24) is 18.8 Å². The predicted octanol–water partition coefficient (Wildman–Crippen LogP) is 5.38. The first-order chi connectivity index (χ1) is 23.2. The number of hydrogen-bond donors (Lipinski definition) is 1. The highest BCUT2D eigenvalue weighted by atomic mass is 32.2. The molecule has 2 aliphatic heterocycles. The van der Waals surface area contributed by atoms with Gasteiger partial charge in [0, 0.05) is 50.5 Å². The first kappa shape index (κ1) is 34.1. The molecule has 2 saturated heterocycles. The standard InChI is InChI=1S/C34H38F2N6O6S/c1-22-29(38-49(45,46)41-14-13-23(35)20-41)12-10-28(36)31(22)47-26-9-11-30-27(19-26)32(43)42(21-37-30)25-7-5-24(6-8-25)39-15-17-40(18-16-39)33(44)48-34(2,3)4/h5-12,19,21,23,38H,13-18,20H2,1-4H3/t23-/m1/s1. The van der Waals surface area contributed by atoms with Crippen molar-refractivity contribution in [2.24, 2.45) is 0 Å². The summed E-state index contributed by atoms with van der Waals surface area (Å²) in [7, 11) is -4.07. The van der Waals surface area contributed by atoms with Crippen molar-refractivity contribution < 1.29 is 31.5 Å². The predicted molar refractivity (Wildman–Crippen MR) is 182 cm³/mol. The largest absolute Gasteiger partial charge is 0.454 e. The first-order valence-electron chi connectivity index (χ1n) is 15.9. The average Bonchev–Trinajstić information content (AvgIpc) is 3.51. The average molecular weight is 697 g/mol. The lowest BCUT2D eigenvalue weighted by atomic mass is 10.1. The Bertz CT molecular complexity index is 2040. The van der Waals surface area contributed by atoms with Gasteiger partial charge in [-0.25, -0.2) is 18.6 Å². The monoisotopic (exact) mass is 696 g/mol. The zero-order chi connectivity index (χ0) is 35.1. The maximum atomic E-state index is 15.0. The molecule has 15 heteroatoms. The normalized spacial score (nSPS) is 17.4. The SMILES string of the molecule is Cc1c(NS(=O)(=O)N2CC[C@@H](F)C2)ccc(F)c1Oc1ccc2ncn(-c3ccc(N4CCN(C(=O)OC(C)(C)C)CC4)cc3)c(=O)c2c1. The van der Waals surface area contributed by atoms with Gasteiger partial charge in [0.1, 0.15) is 23.8 Å². The third-order valence-electron chi connectivity index (χ3n) is 8.40. The molecule has 1 aromatic heterocycles. The number of rotatable bonds is 7. The minimum absolute atomic E-state index is 0.0432. The Balaban J connectivity index is 1.18. The zero-order valence-electron chi connectivity index (χ0n) is 27.7. The van der Waals surface area contributed by atoms with Crippen LogP contribution in [0.2, 0.25) is 0 Å². The summed E-state index contributed by atoms with van der Waals surface area (Å²) in [4.78, 5) is 34.3. The maximum absolute atomic E-state index is 15.0. The summed E-state index contributed by atoms with van der Waals surface area (Å²) in [6, 6.07) is 14.4. The minimum atomic E-state index is -4.07. The summed E-state index contributed by atoms with van der Waals surface area (Å²) in [5.41, 5.74) is 1.26. The van der Waals surface area contributed by atoms with E-state index in [1.54, 1.807) is 11.0 Å². The quantitative estimate of drug-likeness (QED) is 0.273. The molecule has 49 heavy (non-hydrogen) atoms. The molecule has 1 amide bonds. The van der Waals surface area contributed by atoms with Crippen molar-refractivity contribution in [3.63, 3.8) is 0 Å². The van der Waals surface area contributed by atoms with Gasteiger partial charge in [-0.3, -0.25) is 14.1 Å². The number of carbonyl (C=O) groups excluding carboxylic acids is 1. The summed E-state index contributed by atoms with van der Waals surface area (Å²) in [5.74, 6) is -0.816. The van der Waals surface area contributed by atoms with Crippen LogP contribution in [0.5, 0.6) is 11.5 Å². The van der Waals surface area contributed by atoms with Crippen molar-refractivity contribution in [3.05, 3.63) is 82.7 Å². The molecule has 260 valence electrons. The molecule has 0 unspecified atom stereocenters. The van der Waals surface area contributed by atoms with Crippen molar-refractivity contribution in [2.45, 2.75) is 45.9 Å². The van der Waals surface area contributed by atoms with E-state index in [1.807, 2.05) is 45.0 Å². The number of alkyl halides is 1. The Morgan fingerprint density at radius 3 is 2.33 bits per heavy atom. The molecule has 3 aromatic carbocycles. The number of aromatic nitrogens is 2. The second-order valence-corrected chi connectivity index (χ2v) is 14.7. The van der Waals surface area contributed by atoms with Crippen LogP contribution in [0.1, 0.15) is 32.8 Å². The third-order valence-corrected chi connectivity index (χ3v) is 9.89. The van der Waals surface area contributed by atoms with Crippen molar-refractivity contribution >= 4 is 38.6 Å². The van der Waals surface area contributed by atoms with Crippen molar-refractivity contribution in [1.29, 1.82) is 0 Å². The number of piperazine rings is 1. The second-order valence-electron chi connectivity index (χ2n) is 13.1. The fourth-order valence-electron chi connectivity index (χ4n) is 5.77. The highest BCUT2D eigenvalue weighted by Crippen LogP contribution is 2.34. The van der Waals surface area contributed by atoms with Gasteiger partial charge < -0.3 is 19.3 Å². The Morgan fingerprint density at radius 2 is 1.67 bits per heavy atom. The van der Waals surface area contributed by atoms with E-state index in [0.717, 1.165) is 16.1 Å². The zero-order valence-corrected chi connectivity index (χ0v) is 28.5. The van der Waals surface area contributed by atoms with E-state index in [9.17, 15) is 26.8 Å². The van der Waals surface area contributed by atoms with Gasteiger partial charge in [-0.05, 0) is 88.7 Å². The molecule has 12 nitrogen and oxygen atoms in total. The number of halogens is 2. The Labute approximate surface area is 283 Å². The summed E-state index contributed by atoms with van der Waals surface area (Å²) in [5, 5.41) is 0.229. The van der Waals surface area contributed by atoms with E-state index in [2.05, 4.69) is 14.6 Å². The highest BCUT2D eigenvalue weighted by Gasteiger charge is 2.32. The Morgan fingerprint density at radius 1 is 0.980 bits per heavy atom. The molecule has 3 heterocycles. The van der Waals surface area contributed by atoms with Crippen LogP contribution in [-0.4, -0.2) is 84.3 Å². The van der Waals surface area contributed by atoms with Gasteiger partial charge in [-0.1, -0.05) is 0 Å². The molecule has 1 N–H and O–H groups in total. The van der Waals surface area contributed by atoms with Crippen molar-refractivity contribution in [3.8, 4) is 17.2 Å². The molecular weight excluding hydrogens is 658 g/mol. The number of ether oxygens (including phenoxy) is 2. The molecule has 4 aromatic rings. The number of hydrogen-bond acceptors (Lipinski definition) is 8. The molecule has 0 radical (unpaired) electrons. The number of nitrogens with one attached hydrogen (secondary N) is 1. The van der Waals surface area contributed by atoms with Gasteiger partial charge in [0.05, 0.1) is 22.3 Å². The van der Waals surface area contributed by atoms with Crippen LogP contribution in [0.15, 0.2) is 65.7 Å². The van der Waals surface area contributed by atoms with Crippen LogP contribution in [0.3, 0.4) is 0 Å². The molecule has 6 rings (SSSR count). The lowest BCUT2D eigenvalue weighted by Gasteiger charge is -2.36. The topological polar surface area (TPSA) is 126 Å². The number of amides is 1. The van der Waals surface area contributed by atoms with Crippen molar-refractivity contribution in [2.75, 3.05) is 48.9 Å². The summed E-state index contributed by atoms with van der Waals surface area (Å²) in [6.07, 6.45) is -0.0225. The molecule has 0 bridgehead atoms. The van der Waals surface area contributed by atoms with Gasteiger partial charge in [0.2, 0.25) is 0 Å². The molecule has 0 saturated carbocycles. The molecule has 2 fully saturated rings. The lowest BCUT2D eigenvalue weighted by Crippen LogP contribution is -2.50. The molecule has 2 aliphatic rings. The summed E-state index contributed by atoms with van der Waals surface area (Å²) >= 11 is 0. The fraction of sp³-hybridized carbons (Fsp3) is 0.382. The number of anilines is 2. The summed E-state index contributed by atoms with van der Waals surface area (Å²) < 4.78 is 70.4. The minimum Gasteiger partial charge on any atom is -0.454 e. The second kappa shape index (κ2) is 13.3. The smallest absolute Gasteiger partial charge is 0.410 e. The fourth-order valence-corrected chi connectivity index (χ4v) is 7.10. The van der Waals surface area contributed by atoms with Gasteiger partial charge in [0.15, 0.2) is 11.6 Å². The molecule has 0 aliphatic carbocycles. The number of benzene rings is 3. The van der Waals surface area contributed by atoms with Crippen LogP contribution in [-0.2, 0) is 14.9 Å². The lowest BCUT2D eigenvalue weighted by molar-refractivity contribution is 0.0240. The van der Waals surface area contributed by atoms with E-state index in [0.29, 0.717) is 37.4 Å². The maximum Gasteiger partial charge on any atom is 0.410 e. The van der Waals surface area contributed by atoms with E-state index >= 15 is 0 Å². The Hall–Kier alpha value is -4.76. The van der Waals surface area contributed by atoms with E-state index in [4.69, 9.17) is 9.47 Å².